The number of para-hydroxylation sites is 1. The Morgan fingerprint density at radius 1 is 1.33 bits per heavy atom. The lowest BCUT2D eigenvalue weighted by molar-refractivity contribution is -0.385. The number of hydrogen-bond acceptors (Lipinski definition) is 4. The highest BCUT2D eigenvalue weighted by atomic mass is 127. The smallest absolute Gasteiger partial charge is 0.274 e. The van der Waals surface area contributed by atoms with Crippen molar-refractivity contribution in [2.45, 2.75) is 46.3 Å². The van der Waals surface area contributed by atoms with Crippen molar-refractivity contribution in [2.75, 3.05) is 20.2 Å². The van der Waals surface area contributed by atoms with Crippen molar-refractivity contribution < 1.29 is 9.66 Å². The van der Waals surface area contributed by atoms with E-state index in [0.29, 0.717) is 24.0 Å². The molecule has 2 unspecified atom stereocenters. The SMILES string of the molecule is CN=C(NCc1ccccc1[N+](=O)[O-])NCC1CCCOC1C(C)(C)C.I. The van der Waals surface area contributed by atoms with Gasteiger partial charge in [-0.25, -0.2) is 0 Å². The first-order valence-corrected chi connectivity index (χ1v) is 9.11. The molecule has 1 aromatic carbocycles. The Bertz CT molecular complexity index is 646. The van der Waals surface area contributed by atoms with Crippen LogP contribution in [0.15, 0.2) is 29.3 Å². The number of nitrogens with zero attached hydrogens (tertiary/aromatic N) is 2. The molecule has 27 heavy (non-hydrogen) atoms. The molecule has 2 rings (SSSR count). The number of ether oxygens (including phenoxy) is 1. The van der Waals surface area contributed by atoms with E-state index in [9.17, 15) is 10.1 Å². The lowest BCUT2D eigenvalue weighted by atomic mass is 9.78. The topological polar surface area (TPSA) is 88.8 Å². The van der Waals surface area contributed by atoms with Crippen LogP contribution in [0.1, 0.15) is 39.2 Å². The van der Waals surface area contributed by atoms with Gasteiger partial charge in [-0.15, -0.1) is 24.0 Å². The summed E-state index contributed by atoms with van der Waals surface area (Å²) in [6.45, 7) is 8.55. The first kappa shape index (κ1) is 23.6. The highest BCUT2D eigenvalue weighted by Gasteiger charge is 2.35. The standard InChI is InChI=1S/C19H30N4O3.HI/c1-19(2,3)17-15(9-7-11-26-17)13-22-18(20-4)21-12-14-8-5-6-10-16(14)23(24)25;/h5-6,8,10,15,17H,7,9,11-13H2,1-4H3,(H2,20,21,22);1H. The fraction of sp³-hybridized carbons (Fsp3) is 0.632. The molecule has 2 atom stereocenters. The maximum absolute atomic E-state index is 11.1. The average Bonchev–Trinajstić information content (AvgIpc) is 2.61. The molecule has 7 nitrogen and oxygen atoms in total. The molecule has 2 N–H and O–H groups in total. The molecule has 1 heterocycles. The fourth-order valence-electron chi connectivity index (χ4n) is 3.48. The van der Waals surface area contributed by atoms with Gasteiger partial charge in [-0.2, -0.15) is 0 Å². The quantitative estimate of drug-likeness (QED) is 0.216. The normalized spacial score (nSPS) is 20.5. The Morgan fingerprint density at radius 3 is 2.67 bits per heavy atom. The van der Waals surface area contributed by atoms with E-state index in [2.05, 4.69) is 36.4 Å². The van der Waals surface area contributed by atoms with E-state index >= 15 is 0 Å². The average molecular weight is 490 g/mol. The summed E-state index contributed by atoms with van der Waals surface area (Å²) in [6, 6.07) is 6.74. The summed E-state index contributed by atoms with van der Waals surface area (Å²) in [5, 5.41) is 17.6. The summed E-state index contributed by atoms with van der Waals surface area (Å²) in [4.78, 5) is 15.0. The molecular formula is C19H31IN4O3. The molecule has 0 bridgehead atoms. The number of rotatable bonds is 5. The van der Waals surface area contributed by atoms with Crippen molar-refractivity contribution in [3.05, 3.63) is 39.9 Å². The number of nitro benzene ring substituents is 1. The van der Waals surface area contributed by atoms with Crippen molar-refractivity contribution in [1.82, 2.24) is 10.6 Å². The molecule has 152 valence electrons. The maximum Gasteiger partial charge on any atom is 0.274 e. The predicted molar refractivity (Wildman–Crippen MR) is 119 cm³/mol. The molecule has 0 spiro atoms. The first-order valence-electron chi connectivity index (χ1n) is 9.11. The molecule has 1 aliphatic heterocycles. The third kappa shape index (κ3) is 6.91. The second kappa shape index (κ2) is 10.8. The Morgan fingerprint density at radius 2 is 2.04 bits per heavy atom. The number of halogens is 1. The number of nitro groups is 1. The summed E-state index contributed by atoms with van der Waals surface area (Å²) < 4.78 is 6.02. The Hall–Kier alpha value is -1.42. The number of hydrogen-bond donors (Lipinski definition) is 2. The van der Waals surface area contributed by atoms with Crippen LogP contribution in [-0.2, 0) is 11.3 Å². The van der Waals surface area contributed by atoms with Crippen molar-refractivity contribution in [2.24, 2.45) is 16.3 Å². The summed E-state index contributed by atoms with van der Waals surface area (Å²) in [5.74, 6) is 1.05. The summed E-state index contributed by atoms with van der Waals surface area (Å²) >= 11 is 0. The van der Waals surface area contributed by atoms with Crippen molar-refractivity contribution in [3.63, 3.8) is 0 Å². The van der Waals surface area contributed by atoms with Crippen LogP contribution in [0.25, 0.3) is 0 Å². The van der Waals surface area contributed by atoms with Crippen LogP contribution < -0.4 is 10.6 Å². The summed E-state index contributed by atoms with van der Waals surface area (Å²) in [7, 11) is 1.70. The second-order valence-electron chi connectivity index (χ2n) is 7.75. The predicted octanol–water partition coefficient (Wildman–Crippen LogP) is 3.72. The monoisotopic (exact) mass is 490 g/mol. The van der Waals surface area contributed by atoms with E-state index in [-0.39, 0.29) is 46.1 Å². The maximum atomic E-state index is 11.1. The van der Waals surface area contributed by atoms with Gasteiger partial charge < -0.3 is 15.4 Å². The van der Waals surface area contributed by atoms with Crippen molar-refractivity contribution >= 4 is 35.6 Å². The third-order valence-corrected chi connectivity index (χ3v) is 4.69. The van der Waals surface area contributed by atoms with Gasteiger partial charge in [0.2, 0.25) is 0 Å². The summed E-state index contributed by atoms with van der Waals surface area (Å²) in [6.07, 6.45) is 2.40. The minimum atomic E-state index is -0.361. The number of benzene rings is 1. The van der Waals surface area contributed by atoms with Gasteiger partial charge in [0.25, 0.3) is 5.69 Å². The molecule has 0 radical (unpaired) electrons. The van der Waals surface area contributed by atoms with Gasteiger partial charge in [0.1, 0.15) is 0 Å². The molecule has 1 saturated heterocycles. The number of aliphatic imine (C=N–C) groups is 1. The van der Waals surface area contributed by atoms with Crippen LogP contribution >= 0.6 is 24.0 Å². The molecule has 0 aromatic heterocycles. The van der Waals surface area contributed by atoms with Gasteiger partial charge in [0.05, 0.1) is 11.0 Å². The van der Waals surface area contributed by atoms with Gasteiger partial charge >= 0.3 is 0 Å². The summed E-state index contributed by atoms with van der Waals surface area (Å²) in [5.41, 5.74) is 0.840. The molecule has 0 saturated carbocycles. The lowest BCUT2D eigenvalue weighted by Gasteiger charge is -2.40. The molecule has 1 aromatic rings. The molecule has 0 amide bonds. The highest BCUT2D eigenvalue weighted by Crippen LogP contribution is 2.33. The van der Waals surface area contributed by atoms with Gasteiger partial charge in [0, 0.05) is 44.3 Å². The second-order valence-corrected chi connectivity index (χ2v) is 7.75. The van der Waals surface area contributed by atoms with Crippen LogP contribution in [0.3, 0.4) is 0 Å². The fourth-order valence-corrected chi connectivity index (χ4v) is 3.48. The van der Waals surface area contributed by atoms with E-state index < -0.39 is 0 Å². The zero-order chi connectivity index (χ0) is 19.2. The van der Waals surface area contributed by atoms with Gasteiger partial charge in [-0.1, -0.05) is 39.0 Å². The minimum Gasteiger partial charge on any atom is -0.377 e. The molecule has 1 fully saturated rings. The van der Waals surface area contributed by atoms with E-state index in [4.69, 9.17) is 4.74 Å². The van der Waals surface area contributed by atoms with Crippen LogP contribution in [-0.4, -0.2) is 37.2 Å². The Kier molecular flexibility index (Phi) is 9.44. The Balaban J connectivity index is 0.00000364. The number of guanidine groups is 1. The van der Waals surface area contributed by atoms with E-state index in [1.54, 1.807) is 25.2 Å². The van der Waals surface area contributed by atoms with Gasteiger partial charge in [0.15, 0.2) is 5.96 Å². The molecular weight excluding hydrogens is 459 g/mol. The zero-order valence-electron chi connectivity index (χ0n) is 16.5. The largest absolute Gasteiger partial charge is 0.377 e. The van der Waals surface area contributed by atoms with Crippen LogP contribution in [0.2, 0.25) is 0 Å². The van der Waals surface area contributed by atoms with Crippen molar-refractivity contribution in [3.8, 4) is 0 Å². The number of nitrogens with one attached hydrogen (secondary N) is 2. The van der Waals surface area contributed by atoms with E-state index in [1.807, 2.05) is 0 Å². The van der Waals surface area contributed by atoms with Crippen LogP contribution in [0, 0.1) is 21.4 Å². The van der Waals surface area contributed by atoms with Crippen LogP contribution in [0.5, 0.6) is 0 Å². The van der Waals surface area contributed by atoms with E-state index in [1.165, 1.54) is 6.07 Å². The van der Waals surface area contributed by atoms with Gasteiger partial charge in [-0.3, -0.25) is 15.1 Å². The zero-order valence-corrected chi connectivity index (χ0v) is 18.9. The highest BCUT2D eigenvalue weighted by molar-refractivity contribution is 14.0. The lowest BCUT2D eigenvalue weighted by Crippen LogP contribution is -2.47. The third-order valence-electron chi connectivity index (χ3n) is 4.69. The molecule has 0 aliphatic carbocycles. The van der Waals surface area contributed by atoms with Gasteiger partial charge in [-0.05, 0) is 18.3 Å². The molecule has 1 aliphatic rings. The Labute approximate surface area is 178 Å². The minimum absolute atomic E-state index is 0. The molecule has 8 heteroatoms. The van der Waals surface area contributed by atoms with Crippen molar-refractivity contribution in [1.29, 1.82) is 0 Å². The first-order chi connectivity index (χ1) is 12.3. The van der Waals surface area contributed by atoms with E-state index in [0.717, 1.165) is 26.0 Å². The van der Waals surface area contributed by atoms with Crippen LogP contribution in [0.4, 0.5) is 5.69 Å².